The van der Waals surface area contributed by atoms with Gasteiger partial charge in [0.25, 0.3) is 0 Å². The van der Waals surface area contributed by atoms with Gasteiger partial charge in [-0.05, 0) is 12.8 Å². The van der Waals surface area contributed by atoms with Crippen LogP contribution < -0.4 is 0 Å². The summed E-state index contributed by atoms with van der Waals surface area (Å²) in [6.45, 7) is 2.57. The Morgan fingerprint density at radius 3 is 2.44 bits per heavy atom. The van der Waals surface area contributed by atoms with Crippen molar-refractivity contribution < 1.29 is 19.4 Å². The molecule has 5 heteroatoms. The first kappa shape index (κ1) is 11.4. The van der Waals surface area contributed by atoms with Crippen LogP contribution in [0.1, 0.15) is 19.3 Å². The summed E-state index contributed by atoms with van der Waals surface area (Å²) in [7, 11) is 0. The minimum absolute atomic E-state index is 0.0968. The maximum Gasteiger partial charge on any atom is 0.303 e. The van der Waals surface area contributed by atoms with Gasteiger partial charge in [-0.1, -0.05) is 0 Å². The number of carboxylic acids is 1. The number of amides is 1. The van der Waals surface area contributed by atoms with E-state index in [0.717, 1.165) is 12.8 Å². The maximum atomic E-state index is 11.9. The van der Waals surface area contributed by atoms with E-state index < -0.39 is 5.97 Å². The molecule has 0 bridgehead atoms. The fraction of sp³-hybridized carbons (Fsp3) is 0.818. The van der Waals surface area contributed by atoms with E-state index in [1.165, 1.54) is 0 Å². The van der Waals surface area contributed by atoms with Gasteiger partial charge in [0, 0.05) is 38.1 Å². The highest BCUT2D eigenvalue weighted by molar-refractivity contribution is 5.80. The third-order valence-electron chi connectivity index (χ3n) is 3.30. The maximum absolute atomic E-state index is 11.9. The average molecular weight is 227 g/mol. The van der Waals surface area contributed by atoms with Gasteiger partial charge in [-0.25, -0.2) is 0 Å². The molecule has 0 aromatic rings. The van der Waals surface area contributed by atoms with Crippen molar-refractivity contribution in [1.29, 1.82) is 0 Å². The Balaban J connectivity index is 1.74. The summed E-state index contributed by atoms with van der Waals surface area (Å²) < 4.78 is 5.21. The van der Waals surface area contributed by atoms with Crippen LogP contribution in [0.4, 0.5) is 0 Å². The lowest BCUT2D eigenvalue weighted by Crippen LogP contribution is -2.53. The molecular formula is C11H17NO4. The molecule has 2 aliphatic heterocycles. The van der Waals surface area contributed by atoms with Crippen LogP contribution >= 0.6 is 0 Å². The minimum Gasteiger partial charge on any atom is -0.481 e. The van der Waals surface area contributed by atoms with Crippen molar-refractivity contribution in [3.05, 3.63) is 0 Å². The molecule has 0 spiro atoms. The number of carbonyl (C=O) groups is 2. The van der Waals surface area contributed by atoms with E-state index in [-0.39, 0.29) is 24.2 Å². The van der Waals surface area contributed by atoms with Gasteiger partial charge in [0.05, 0.1) is 6.42 Å². The molecule has 2 aliphatic rings. The Labute approximate surface area is 94.4 Å². The van der Waals surface area contributed by atoms with Crippen molar-refractivity contribution in [2.75, 3.05) is 26.3 Å². The van der Waals surface area contributed by atoms with Crippen LogP contribution in [0.5, 0.6) is 0 Å². The topological polar surface area (TPSA) is 66.8 Å². The van der Waals surface area contributed by atoms with Crippen molar-refractivity contribution in [2.45, 2.75) is 19.3 Å². The standard InChI is InChI=1S/C11H17NO4/c13-10(14)5-8-6-12(7-8)11(15)9-1-3-16-4-2-9/h8-9H,1-7H2,(H,13,14). The largest absolute Gasteiger partial charge is 0.481 e. The number of ether oxygens (including phenoxy) is 1. The molecule has 0 radical (unpaired) electrons. The number of likely N-dealkylation sites (tertiary alicyclic amines) is 1. The third-order valence-corrected chi connectivity index (χ3v) is 3.30. The second-order valence-electron chi connectivity index (χ2n) is 4.59. The van der Waals surface area contributed by atoms with Gasteiger partial charge in [-0.3, -0.25) is 9.59 Å². The van der Waals surface area contributed by atoms with E-state index in [4.69, 9.17) is 9.84 Å². The summed E-state index contributed by atoms with van der Waals surface area (Å²) >= 11 is 0. The smallest absolute Gasteiger partial charge is 0.303 e. The van der Waals surface area contributed by atoms with Crippen LogP contribution in [0.3, 0.4) is 0 Å². The Kier molecular flexibility index (Phi) is 3.43. The number of rotatable bonds is 3. The van der Waals surface area contributed by atoms with Gasteiger partial charge in [0.15, 0.2) is 0 Å². The zero-order chi connectivity index (χ0) is 11.5. The van der Waals surface area contributed by atoms with Gasteiger partial charge < -0.3 is 14.7 Å². The second kappa shape index (κ2) is 4.82. The summed E-state index contributed by atoms with van der Waals surface area (Å²) in [6, 6.07) is 0. The molecule has 1 amide bonds. The zero-order valence-electron chi connectivity index (χ0n) is 9.22. The number of aliphatic carboxylic acids is 1. The molecule has 2 fully saturated rings. The van der Waals surface area contributed by atoms with E-state index in [0.29, 0.717) is 26.3 Å². The van der Waals surface area contributed by atoms with Gasteiger partial charge in [0.1, 0.15) is 0 Å². The number of hydrogen-bond acceptors (Lipinski definition) is 3. The summed E-state index contributed by atoms with van der Waals surface area (Å²) in [5, 5.41) is 8.60. The Morgan fingerprint density at radius 2 is 1.88 bits per heavy atom. The van der Waals surface area contributed by atoms with Crippen LogP contribution in [-0.4, -0.2) is 48.2 Å². The average Bonchev–Trinajstić information content (AvgIpc) is 2.23. The molecule has 2 rings (SSSR count). The van der Waals surface area contributed by atoms with Gasteiger partial charge in [0.2, 0.25) is 5.91 Å². The molecule has 90 valence electrons. The molecular weight excluding hydrogens is 210 g/mol. The molecule has 16 heavy (non-hydrogen) atoms. The summed E-state index contributed by atoms with van der Waals surface area (Å²) in [4.78, 5) is 24.2. The van der Waals surface area contributed by atoms with Crippen LogP contribution in [0.15, 0.2) is 0 Å². The number of hydrogen-bond donors (Lipinski definition) is 1. The van der Waals surface area contributed by atoms with E-state index >= 15 is 0 Å². The molecule has 0 aliphatic carbocycles. The predicted octanol–water partition coefficient (Wildman–Crippen LogP) is 0.346. The minimum atomic E-state index is -0.775. The highest BCUT2D eigenvalue weighted by atomic mass is 16.5. The summed E-state index contributed by atoms with van der Waals surface area (Å²) in [6.07, 6.45) is 1.79. The monoisotopic (exact) mass is 227 g/mol. The molecule has 0 aromatic carbocycles. The van der Waals surface area contributed by atoms with E-state index in [1.807, 2.05) is 0 Å². The van der Waals surface area contributed by atoms with Crippen molar-refractivity contribution in [3.63, 3.8) is 0 Å². The third kappa shape index (κ3) is 2.52. The van der Waals surface area contributed by atoms with Gasteiger partial charge >= 0.3 is 5.97 Å². The van der Waals surface area contributed by atoms with Crippen LogP contribution in [-0.2, 0) is 14.3 Å². The van der Waals surface area contributed by atoms with Gasteiger partial charge in [-0.2, -0.15) is 0 Å². The zero-order valence-corrected chi connectivity index (χ0v) is 9.22. The number of carbonyl (C=O) groups excluding carboxylic acids is 1. The normalized spacial score (nSPS) is 22.9. The highest BCUT2D eigenvalue weighted by Gasteiger charge is 2.35. The number of carboxylic acid groups (broad SMARTS) is 1. The Bertz CT molecular complexity index is 280. The fourth-order valence-corrected chi connectivity index (χ4v) is 2.33. The lowest BCUT2D eigenvalue weighted by molar-refractivity contribution is -0.149. The first-order valence-corrected chi connectivity index (χ1v) is 5.75. The SMILES string of the molecule is O=C(O)CC1CN(C(=O)C2CCOCC2)C1. The number of nitrogens with zero attached hydrogens (tertiary/aromatic N) is 1. The van der Waals surface area contributed by atoms with Crippen molar-refractivity contribution in [1.82, 2.24) is 4.90 Å². The van der Waals surface area contributed by atoms with Crippen molar-refractivity contribution in [2.24, 2.45) is 11.8 Å². The Hall–Kier alpha value is -1.10. The first-order valence-electron chi connectivity index (χ1n) is 5.75. The summed E-state index contributed by atoms with van der Waals surface area (Å²) in [5.41, 5.74) is 0. The van der Waals surface area contributed by atoms with Crippen molar-refractivity contribution in [3.8, 4) is 0 Å². The molecule has 0 unspecified atom stereocenters. The fourth-order valence-electron chi connectivity index (χ4n) is 2.33. The lowest BCUT2D eigenvalue weighted by Gasteiger charge is -2.41. The molecule has 0 atom stereocenters. The molecule has 0 aromatic heterocycles. The Morgan fingerprint density at radius 1 is 1.25 bits per heavy atom. The first-order chi connectivity index (χ1) is 7.66. The molecule has 1 N–H and O–H groups in total. The van der Waals surface area contributed by atoms with Crippen LogP contribution in [0.25, 0.3) is 0 Å². The van der Waals surface area contributed by atoms with E-state index in [2.05, 4.69) is 0 Å². The lowest BCUT2D eigenvalue weighted by atomic mass is 9.91. The highest BCUT2D eigenvalue weighted by Crippen LogP contribution is 2.25. The molecule has 2 heterocycles. The second-order valence-corrected chi connectivity index (χ2v) is 4.59. The van der Waals surface area contributed by atoms with Crippen molar-refractivity contribution >= 4 is 11.9 Å². The predicted molar refractivity (Wildman–Crippen MR) is 55.9 cm³/mol. The van der Waals surface area contributed by atoms with Gasteiger partial charge in [-0.15, -0.1) is 0 Å². The van der Waals surface area contributed by atoms with E-state index in [1.54, 1.807) is 4.90 Å². The van der Waals surface area contributed by atoms with Crippen LogP contribution in [0.2, 0.25) is 0 Å². The summed E-state index contributed by atoms with van der Waals surface area (Å²) in [5.74, 6) is -0.339. The molecule has 5 nitrogen and oxygen atoms in total. The van der Waals surface area contributed by atoms with E-state index in [9.17, 15) is 9.59 Å². The quantitative estimate of drug-likeness (QED) is 0.755. The molecule has 2 saturated heterocycles. The molecule has 0 saturated carbocycles. The van der Waals surface area contributed by atoms with Crippen LogP contribution in [0, 0.1) is 11.8 Å².